The number of pyridine rings is 1. The van der Waals surface area contributed by atoms with Gasteiger partial charge in [-0.3, -0.25) is 14.7 Å². The lowest BCUT2D eigenvalue weighted by Gasteiger charge is -2.36. The summed E-state index contributed by atoms with van der Waals surface area (Å²) < 4.78 is 64.0. The van der Waals surface area contributed by atoms with Gasteiger partial charge in [0, 0.05) is 44.5 Å². The molecule has 0 saturated carbocycles. The number of aromatic nitrogens is 1. The molecular weight excluding hydrogens is 556 g/mol. The van der Waals surface area contributed by atoms with Crippen molar-refractivity contribution in [3.8, 4) is 17.0 Å². The molecular formula is C27H32N4O7S2. The topological polar surface area (TPSA) is 135 Å². The van der Waals surface area contributed by atoms with Crippen LogP contribution in [0.3, 0.4) is 0 Å². The Kier molecular flexibility index (Phi) is 9.53. The predicted octanol–water partition coefficient (Wildman–Crippen LogP) is 1.72. The van der Waals surface area contributed by atoms with E-state index in [1.54, 1.807) is 23.2 Å². The minimum Gasteiger partial charge on any atom is -0.489 e. The number of nitrogens with one attached hydrogen (secondary N) is 1. The normalized spacial score (nSPS) is 15.8. The zero-order chi connectivity index (χ0) is 28.8. The molecule has 2 aromatic carbocycles. The number of hydrogen-bond acceptors (Lipinski definition) is 9. The summed E-state index contributed by atoms with van der Waals surface area (Å²) in [5.74, 6) is -0.112. The Bertz CT molecular complexity index is 1510. The van der Waals surface area contributed by atoms with Crippen molar-refractivity contribution in [1.82, 2.24) is 18.9 Å². The number of hydrogen-bond donors (Lipinski definition) is 1. The van der Waals surface area contributed by atoms with E-state index in [4.69, 9.17) is 9.47 Å². The van der Waals surface area contributed by atoms with E-state index in [0.29, 0.717) is 5.75 Å². The van der Waals surface area contributed by atoms with E-state index < -0.39 is 32.1 Å². The van der Waals surface area contributed by atoms with E-state index in [9.17, 15) is 21.6 Å². The van der Waals surface area contributed by atoms with Crippen LogP contribution in [0.2, 0.25) is 0 Å². The molecule has 2 heterocycles. The first-order valence-corrected chi connectivity index (χ1v) is 15.9. The van der Waals surface area contributed by atoms with Gasteiger partial charge in [0.05, 0.1) is 24.0 Å². The molecule has 0 aliphatic carbocycles. The number of methoxy groups -OCH3 is 1. The summed E-state index contributed by atoms with van der Waals surface area (Å²) in [6.07, 6.45) is 2.85. The van der Waals surface area contributed by atoms with E-state index in [0.717, 1.165) is 23.1 Å². The molecule has 0 amide bonds. The maximum atomic E-state index is 13.0. The lowest BCUT2D eigenvalue weighted by Crippen LogP contribution is -2.56. The zero-order valence-electron chi connectivity index (χ0n) is 22.3. The summed E-state index contributed by atoms with van der Waals surface area (Å²) in [6.45, 7) is 0.995. The van der Waals surface area contributed by atoms with Crippen molar-refractivity contribution >= 4 is 26.0 Å². The zero-order valence-corrected chi connectivity index (χ0v) is 23.9. The van der Waals surface area contributed by atoms with Gasteiger partial charge in [0.15, 0.2) is 0 Å². The smallest absolute Gasteiger partial charge is 0.324 e. The monoisotopic (exact) mass is 588 g/mol. The summed E-state index contributed by atoms with van der Waals surface area (Å²) in [4.78, 5) is 18.6. The molecule has 0 radical (unpaired) electrons. The summed E-state index contributed by atoms with van der Waals surface area (Å²) in [5, 5.41) is 0. The van der Waals surface area contributed by atoms with Crippen molar-refractivity contribution < 1.29 is 31.1 Å². The van der Waals surface area contributed by atoms with Gasteiger partial charge in [-0.2, -0.15) is 4.31 Å². The molecule has 1 saturated heterocycles. The predicted molar refractivity (Wildman–Crippen MR) is 149 cm³/mol. The van der Waals surface area contributed by atoms with Gasteiger partial charge in [-0.1, -0.05) is 30.3 Å². The van der Waals surface area contributed by atoms with Crippen LogP contribution in [0.15, 0.2) is 77.8 Å². The van der Waals surface area contributed by atoms with Gasteiger partial charge in [-0.05, 0) is 42.0 Å². The maximum absolute atomic E-state index is 13.0. The lowest BCUT2D eigenvalue weighted by atomic mass is 10.1. The molecule has 1 atom stereocenters. The fourth-order valence-electron chi connectivity index (χ4n) is 4.33. The van der Waals surface area contributed by atoms with Crippen molar-refractivity contribution in [2.24, 2.45) is 0 Å². The van der Waals surface area contributed by atoms with Gasteiger partial charge in [0.2, 0.25) is 20.0 Å². The summed E-state index contributed by atoms with van der Waals surface area (Å²) in [6, 6.07) is 18.7. The Morgan fingerprint density at radius 3 is 2.27 bits per heavy atom. The van der Waals surface area contributed by atoms with Crippen LogP contribution < -0.4 is 9.46 Å². The highest BCUT2D eigenvalue weighted by Crippen LogP contribution is 2.20. The van der Waals surface area contributed by atoms with Crippen LogP contribution in [0.1, 0.15) is 5.56 Å². The summed E-state index contributed by atoms with van der Waals surface area (Å²) in [7, 11) is -6.06. The molecule has 1 unspecified atom stereocenters. The number of rotatable bonds is 11. The van der Waals surface area contributed by atoms with Gasteiger partial charge in [-0.25, -0.2) is 21.6 Å². The van der Waals surface area contributed by atoms with Crippen LogP contribution >= 0.6 is 0 Å². The molecule has 0 spiro atoms. The minimum absolute atomic E-state index is 0.0145. The Hall–Kier alpha value is -3.36. The molecule has 1 aliphatic heterocycles. The SMILES string of the molecule is COC(=O)C(CNS(=O)(=O)c1ccc(OCc2ccnc(-c3ccccc3)c2)cc1)N1CCN(S(C)(=O)=O)CC1. The lowest BCUT2D eigenvalue weighted by molar-refractivity contribution is -0.147. The third kappa shape index (κ3) is 7.64. The summed E-state index contributed by atoms with van der Waals surface area (Å²) in [5.41, 5.74) is 2.74. The molecule has 3 aromatic rings. The second kappa shape index (κ2) is 12.9. The first-order valence-electron chi connectivity index (χ1n) is 12.6. The molecule has 1 N–H and O–H groups in total. The Balaban J connectivity index is 1.35. The number of sulfonamides is 2. The van der Waals surface area contributed by atoms with Crippen molar-refractivity contribution in [3.63, 3.8) is 0 Å². The van der Waals surface area contributed by atoms with Crippen LogP contribution in [0, 0.1) is 0 Å². The van der Waals surface area contributed by atoms with E-state index >= 15 is 0 Å². The average Bonchev–Trinajstić information content (AvgIpc) is 2.96. The highest BCUT2D eigenvalue weighted by atomic mass is 32.2. The highest BCUT2D eigenvalue weighted by molar-refractivity contribution is 7.89. The third-order valence-corrected chi connectivity index (χ3v) is 9.30. The van der Waals surface area contributed by atoms with Gasteiger partial charge >= 0.3 is 5.97 Å². The molecule has 1 aliphatic rings. The van der Waals surface area contributed by atoms with Gasteiger partial charge in [0.25, 0.3) is 0 Å². The average molecular weight is 589 g/mol. The molecule has 4 rings (SSSR count). The van der Waals surface area contributed by atoms with Crippen molar-refractivity contribution in [2.45, 2.75) is 17.5 Å². The van der Waals surface area contributed by atoms with Crippen LogP contribution in [0.5, 0.6) is 5.75 Å². The molecule has 40 heavy (non-hydrogen) atoms. The number of benzene rings is 2. The van der Waals surface area contributed by atoms with Crippen molar-refractivity contribution in [1.29, 1.82) is 0 Å². The van der Waals surface area contributed by atoms with E-state index in [1.807, 2.05) is 42.5 Å². The Morgan fingerprint density at radius 1 is 0.975 bits per heavy atom. The number of nitrogens with zero attached hydrogens (tertiary/aromatic N) is 3. The molecule has 0 bridgehead atoms. The standard InChI is InChI=1S/C27H32N4O7S2/c1-37-27(32)26(30-14-16-31(17-15-30)39(2,33)34)19-29-40(35,36)24-10-8-23(9-11-24)38-20-21-12-13-28-25(18-21)22-6-4-3-5-7-22/h3-13,18,26,29H,14-17,19-20H2,1-2H3. The number of piperazine rings is 1. The van der Waals surface area contributed by atoms with E-state index in [2.05, 4.69) is 9.71 Å². The largest absolute Gasteiger partial charge is 0.489 e. The molecule has 13 heteroatoms. The number of esters is 1. The van der Waals surface area contributed by atoms with Crippen LogP contribution in [0.25, 0.3) is 11.3 Å². The quantitative estimate of drug-likeness (QED) is 0.332. The first-order chi connectivity index (χ1) is 19.1. The van der Waals surface area contributed by atoms with E-state index in [1.165, 1.54) is 23.5 Å². The molecule has 11 nitrogen and oxygen atoms in total. The number of carbonyl (C=O) groups is 1. The first kappa shape index (κ1) is 29.6. The minimum atomic E-state index is -3.94. The van der Waals surface area contributed by atoms with Gasteiger partial charge in [0.1, 0.15) is 18.4 Å². The number of ether oxygens (including phenoxy) is 2. The fourth-order valence-corrected chi connectivity index (χ4v) is 6.19. The second-order valence-corrected chi connectivity index (χ2v) is 13.0. The van der Waals surface area contributed by atoms with Crippen molar-refractivity contribution in [2.75, 3.05) is 46.1 Å². The van der Waals surface area contributed by atoms with E-state index in [-0.39, 0.29) is 44.2 Å². The van der Waals surface area contributed by atoms with Crippen molar-refractivity contribution in [3.05, 3.63) is 78.5 Å². The fraction of sp³-hybridized carbons (Fsp3) is 0.333. The molecule has 214 valence electrons. The third-order valence-electron chi connectivity index (χ3n) is 6.56. The Labute approximate surface area is 234 Å². The summed E-state index contributed by atoms with van der Waals surface area (Å²) >= 11 is 0. The van der Waals surface area contributed by atoms with Crippen LogP contribution in [-0.4, -0.2) is 89.1 Å². The Morgan fingerprint density at radius 2 is 1.65 bits per heavy atom. The van der Waals surface area contributed by atoms with Crippen LogP contribution in [-0.2, 0) is 36.2 Å². The molecule has 1 fully saturated rings. The maximum Gasteiger partial charge on any atom is 0.324 e. The highest BCUT2D eigenvalue weighted by Gasteiger charge is 2.33. The van der Waals surface area contributed by atoms with Gasteiger partial charge in [-0.15, -0.1) is 0 Å². The van der Waals surface area contributed by atoms with Gasteiger partial charge < -0.3 is 9.47 Å². The van der Waals surface area contributed by atoms with Crippen LogP contribution in [0.4, 0.5) is 0 Å². The molecule has 1 aromatic heterocycles. The second-order valence-electron chi connectivity index (χ2n) is 9.26. The number of carbonyl (C=O) groups excluding carboxylic acids is 1.